The predicted octanol–water partition coefficient (Wildman–Crippen LogP) is 2.97. The number of rotatable bonds is 5. The van der Waals surface area contributed by atoms with Crippen molar-refractivity contribution in [1.82, 2.24) is 0 Å². The summed E-state index contributed by atoms with van der Waals surface area (Å²) in [6.07, 6.45) is 2.63. The molecule has 1 rings (SSSR count). The van der Waals surface area contributed by atoms with E-state index in [4.69, 9.17) is 0 Å². The van der Waals surface area contributed by atoms with Crippen LogP contribution >= 0.6 is 15.9 Å². The van der Waals surface area contributed by atoms with E-state index in [0.29, 0.717) is 11.8 Å². The lowest BCUT2D eigenvalue weighted by molar-refractivity contribution is -0.116. The number of alkyl halides is 1. The molecule has 1 aromatic rings. The first kappa shape index (κ1) is 10.5. The van der Waals surface area contributed by atoms with Gasteiger partial charge in [0.15, 0.2) is 0 Å². The minimum Gasteiger partial charge on any atom is -0.299 e. The lowest BCUT2D eigenvalue weighted by atomic mass is 10.1. The van der Waals surface area contributed by atoms with E-state index in [-0.39, 0.29) is 5.78 Å². The molecule has 2 heteroatoms. The van der Waals surface area contributed by atoms with Gasteiger partial charge in [0, 0.05) is 6.42 Å². The summed E-state index contributed by atoms with van der Waals surface area (Å²) in [7, 11) is 0. The molecule has 0 unspecified atom stereocenters. The van der Waals surface area contributed by atoms with Crippen LogP contribution in [0, 0.1) is 0 Å². The molecule has 1 nitrogen and oxygen atoms in total. The van der Waals surface area contributed by atoms with Crippen LogP contribution in [-0.4, -0.2) is 11.1 Å². The van der Waals surface area contributed by atoms with Gasteiger partial charge >= 0.3 is 0 Å². The molecule has 0 aliphatic carbocycles. The molecule has 0 N–H and O–H groups in total. The normalized spacial score (nSPS) is 9.92. The van der Waals surface area contributed by atoms with Crippen LogP contribution in [0.15, 0.2) is 30.3 Å². The molecule has 0 bridgehead atoms. The van der Waals surface area contributed by atoms with Crippen LogP contribution in [0.5, 0.6) is 0 Å². The van der Waals surface area contributed by atoms with Crippen molar-refractivity contribution in [3.63, 3.8) is 0 Å². The molecule has 0 amide bonds. The van der Waals surface area contributed by atoms with Gasteiger partial charge in [-0.3, -0.25) is 4.79 Å². The van der Waals surface area contributed by atoms with Gasteiger partial charge in [0.1, 0.15) is 5.78 Å². The molecule has 0 saturated carbocycles. The van der Waals surface area contributed by atoms with E-state index in [0.717, 1.165) is 12.8 Å². The van der Waals surface area contributed by atoms with E-state index < -0.39 is 0 Å². The van der Waals surface area contributed by atoms with Crippen LogP contribution in [0.3, 0.4) is 0 Å². The quantitative estimate of drug-likeness (QED) is 0.724. The van der Waals surface area contributed by atoms with Gasteiger partial charge in [0.25, 0.3) is 0 Å². The van der Waals surface area contributed by atoms with Gasteiger partial charge in [-0.1, -0.05) is 46.3 Å². The van der Waals surface area contributed by atoms with Crippen molar-refractivity contribution < 1.29 is 4.79 Å². The maximum atomic E-state index is 11.0. The first-order chi connectivity index (χ1) is 6.33. The number of hydrogen-bond acceptors (Lipinski definition) is 1. The number of carbonyl (C=O) groups excluding carboxylic acids is 1. The minimum atomic E-state index is 0.288. The van der Waals surface area contributed by atoms with Gasteiger partial charge in [0.2, 0.25) is 0 Å². The first-order valence-electron chi connectivity index (χ1n) is 4.44. The third-order valence-electron chi connectivity index (χ3n) is 1.91. The van der Waals surface area contributed by atoms with Gasteiger partial charge in [-0.15, -0.1) is 0 Å². The van der Waals surface area contributed by atoms with E-state index in [1.807, 2.05) is 18.2 Å². The zero-order valence-corrected chi connectivity index (χ0v) is 9.09. The number of ketones is 1. The zero-order valence-electron chi connectivity index (χ0n) is 7.50. The molecule has 70 valence electrons. The van der Waals surface area contributed by atoms with E-state index >= 15 is 0 Å². The molecule has 0 saturated heterocycles. The Labute approximate surface area is 87.3 Å². The maximum absolute atomic E-state index is 11.0. The van der Waals surface area contributed by atoms with Gasteiger partial charge in [-0.25, -0.2) is 0 Å². The molecular weight excluding hydrogens is 228 g/mol. The van der Waals surface area contributed by atoms with Crippen LogP contribution in [-0.2, 0) is 11.2 Å². The van der Waals surface area contributed by atoms with E-state index in [1.54, 1.807) is 0 Å². The Balaban J connectivity index is 2.24. The highest BCUT2D eigenvalue weighted by Gasteiger charge is 1.98. The molecule has 0 heterocycles. The zero-order chi connectivity index (χ0) is 9.52. The van der Waals surface area contributed by atoms with E-state index in [2.05, 4.69) is 28.1 Å². The number of aryl methyl sites for hydroxylation is 1. The molecule has 0 atom stereocenters. The Morgan fingerprint density at radius 3 is 2.54 bits per heavy atom. The van der Waals surface area contributed by atoms with Crippen molar-refractivity contribution >= 4 is 21.7 Å². The highest BCUT2D eigenvalue weighted by Crippen LogP contribution is 2.05. The van der Waals surface area contributed by atoms with Gasteiger partial charge in [-0.05, 0) is 18.4 Å². The van der Waals surface area contributed by atoms with Crippen LogP contribution in [0.1, 0.15) is 18.4 Å². The second-order valence-electron chi connectivity index (χ2n) is 3.01. The maximum Gasteiger partial charge on any atom is 0.143 e. The summed E-state index contributed by atoms with van der Waals surface area (Å²) in [6, 6.07) is 10.3. The average Bonchev–Trinajstić information content (AvgIpc) is 2.19. The fourth-order valence-corrected chi connectivity index (χ4v) is 1.48. The van der Waals surface area contributed by atoms with Crippen molar-refractivity contribution in [2.75, 3.05) is 5.33 Å². The molecule has 0 spiro atoms. The third kappa shape index (κ3) is 4.23. The Morgan fingerprint density at radius 2 is 1.92 bits per heavy atom. The first-order valence-corrected chi connectivity index (χ1v) is 5.56. The van der Waals surface area contributed by atoms with Gasteiger partial charge in [0.05, 0.1) is 5.33 Å². The molecule has 0 fully saturated rings. The SMILES string of the molecule is O=C(CBr)CCCc1ccccc1. The monoisotopic (exact) mass is 240 g/mol. The van der Waals surface area contributed by atoms with Crippen LogP contribution in [0.2, 0.25) is 0 Å². The Hall–Kier alpha value is -0.630. The summed E-state index contributed by atoms with van der Waals surface area (Å²) in [4.78, 5) is 11.0. The van der Waals surface area contributed by atoms with Crippen molar-refractivity contribution in [3.8, 4) is 0 Å². The second kappa shape index (κ2) is 5.92. The summed E-state index contributed by atoms with van der Waals surface area (Å²) in [5.74, 6) is 0.288. The fraction of sp³-hybridized carbons (Fsp3) is 0.364. The second-order valence-corrected chi connectivity index (χ2v) is 3.57. The minimum absolute atomic E-state index is 0.288. The Bertz CT molecular complexity index is 256. The predicted molar refractivity (Wildman–Crippen MR) is 58.2 cm³/mol. The highest BCUT2D eigenvalue weighted by molar-refractivity contribution is 9.09. The lowest BCUT2D eigenvalue weighted by Crippen LogP contribution is -1.99. The summed E-state index contributed by atoms with van der Waals surface area (Å²) < 4.78 is 0. The summed E-state index contributed by atoms with van der Waals surface area (Å²) in [5.41, 5.74) is 1.31. The topological polar surface area (TPSA) is 17.1 Å². The van der Waals surface area contributed by atoms with E-state index in [9.17, 15) is 4.79 Å². The van der Waals surface area contributed by atoms with Crippen molar-refractivity contribution in [3.05, 3.63) is 35.9 Å². The summed E-state index contributed by atoms with van der Waals surface area (Å²) >= 11 is 3.15. The molecule has 0 aromatic heterocycles. The smallest absolute Gasteiger partial charge is 0.143 e. The van der Waals surface area contributed by atoms with Crippen LogP contribution < -0.4 is 0 Å². The molecule has 1 aromatic carbocycles. The van der Waals surface area contributed by atoms with Gasteiger partial charge < -0.3 is 0 Å². The Morgan fingerprint density at radius 1 is 1.23 bits per heavy atom. The molecule has 0 aliphatic rings. The summed E-state index contributed by atoms with van der Waals surface area (Å²) in [6.45, 7) is 0. The number of Topliss-reactive ketones (excluding diaryl/α,β-unsaturated/α-hetero) is 1. The molecule has 0 aliphatic heterocycles. The number of halogens is 1. The average molecular weight is 241 g/mol. The molecular formula is C11H13BrO. The van der Waals surface area contributed by atoms with Gasteiger partial charge in [-0.2, -0.15) is 0 Å². The number of hydrogen-bond donors (Lipinski definition) is 0. The lowest BCUT2D eigenvalue weighted by Gasteiger charge is -1.99. The van der Waals surface area contributed by atoms with Crippen molar-refractivity contribution in [1.29, 1.82) is 0 Å². The number of carbonyl (C=O) groups is 1. The van der Waals surface area contributed by atoms with E-state index in [1.165, 1.54) is 5.56 Å². The Kier molecular flexibility index (Phi) is 4.76. The fourth-order valence-electron chi connectivity index (χ4n) is 1.20. The standard InChI is InChI=1S/C11H13BrO/c12-9-11(13)8-4-7-10-5-2-1-3-6-10/h1-3,5-6H,4,7-9H2. The molecule has 0 radical (unpaired) electrons. The summed E-state index contributed by atoms with van der Waals surface area (Å²) in [5, 5.41) is 0.488. The number of benzene rings is 1. The van der Waals surface area contributed by atoms with Crippen molar-refractivity contribution in [2.45, 2.75) is 19.3 Å². The molecule has 13 heavy (non-hydrogen) atoms. The van der Waals surface area contributed by atoms with Crippen LogP contribution in [0.25, 0.3) is 0 Å². The van der Waals surface area contributed by atoms with Crippen molar-refractivity contribution in [2.24, 2.45) is 0 Å². The largest absolute Gasteiger partial charge is 0.299 e. The third-order valence-corrected chi connectivity index (χ3v) is 2.54. The van der Waals surface area contributed by atoms with Crippen LogP contribution in [0.4, 0.5) is 0 Å². The highest BCUT2D eigenvalue weighted by atomic mass is 79.9.